The highest BCUT2D eigenvalue weighted by atomic mass is 35.5. The van der Waals surface area contributed by atoms with Crippen molar-refractivity contribution in [2.24, 2.45) is 0 Å². The molecule has 1 fully saturated rings. The first kappa shape index (κ1) is 25.3. The molecule has 5 rings (SSSR count). The van der Waals surface area contributed by atoms with Crippen molar-refractivity contribution in [1.29, 1.82) is 0 Å². The lowest BCUT2D eigenvalue weighted by atomic mass is 10.1. The molecule has 1 aliphatic carbocycles. The molecule has 0 unspecified atom stereocenters. The number of hydrogen-bond acceptors (Lipinski definition) is 8. The SMILES string of the molecule is O=C(O)c1ccc(F)c(-c2noc(CCCCOCc3c(-c4c(Cl)cncc4Cl)noc3C3CC3)n2)c1. The maximum absolute atomic E-state index is 14.1. The Morgan fingerprint density at radius 3 is 2.65 bits per heavy atom. The van der Waals surface area contributed by atoms with Gasteiger partial charge in [-0.25, -0.2) is 9.18 Å². The predicted octanol–water partition coefficient (Wildman–Crippen LogP) is 6.35. The fourth-order valence-electron chi connectivity index (χ4n) is 3.91. The van der Waals surface area contributed by atoms with Gasteiger partial charge in [0, 0.05) is 42.5 Å². The van der Waals surface area contributed by atoms with Crippen molar-refractivity contribution >= 4 is 29.2 Å². The minimum absolute atomic E-state index is 0.00729. The molecule has 1 aliphatic rings. The number of benzene rings is 1. The van der Waals surface area contributed by atoms with Crippen LogP contribution in [0.3, 0.4) is 0 Å². The normalized spacial score (nSPS) is 13.3. The average Bonchev–Trinajstić information content (AvgIpc) is 3.47. The Balaban J connectivity index is 1.16. The van der Waals surface area contributed by atoms with Crippen LogP contribution in [-0.2, 0) is 17.8 Å². The molecule has 1 N–H and O–H groups in total. The van der Waals surface area contributed by atoms with Crippen LogP contribution in [0, 0.1) is 5.82 Å². The van der Waals surface area contributed by atoms with Crippen molar-refractivity contribution in [3.63, 3.8) is 0 Å². The van der Waals surface area contributed by atoms with E-state index in [-0.39, 0.29) is 17.0 Å². The smallest absolute Gasteiger partial charge is 0.335 e. The zero-order chi connectivity index (χ0) is 25.9. The molecular weight excluding hydrogens is 526 g/mol. The molecule has 4 aromatic rings. The molecule has 9 nitrogen and oxygen atoms in total. The molecule has 192 valence electrons. The molecule has 3 heterocycles. The second-order valence-corrected chi connectivity index (χ2v) is 9.46. The van der Waals surface area contributed by atoms with Crippen LogP contribution < -0.4 is 0 Å². The Morgan fingerprint density at radius 1 is 1.14 bits per heavy atom. The number of aryl methyl sites for hydroxylation is 1. The molecule has 3 aromatic heterocycles. The number of unbranched alkanes of at least 4 members (excludes halogenated alkanes) is 1. The number of rotatable bonds is 11. The van der Waals surface area contributed by atoms with Gasteiger partial charge in [-0.05, 0) is 43.9 Å². The topological polar surface area (TPSA) is 124 Å². The summed E-state index contributed by atoms with van der Waals surface area (Å²) in [5.41, 5.74) is 1.89. The molecule has 0 saturated heterocycles. The zero-order valence-electron chi connectivity index (χ0n) is 19.4. The zero-order valence-corrected chi connectivity index (χ0v) is 20.9. The Bertz CT molecular complexity index is 1420. The summed E-state index contributed by atoms with van der Waals surface area (Å²) in [5, 5.41) is 17.9. The van der Waals surface area contributed by atoms with Crippen LogP contribution in [0.5, 0.6) is 0 Å². The molecular formula is C25H21Cl2FN4O5. The van der Waals surface area contributed by atoms with E-state index in [0.717, 1.165) is 30.2 Å². The lowest BCUT2D eigenvalue weighted by Crippen LogP contribution is -2.00. The van der Waals surface area contributed by atoms with Gasteiger partial charge in [-0.15, -0.1) is 0 Å². The quantitative estimate of drug-likeness (QED) is 0.214. The summed E-state index contributed by atoms with van der Waals surface area (Å²) in [7, 11) is 0. The minimum atomic E-state index is -1.17. The van der Waals surface area contributed by atoms with E-state index in [1.807, 2.05) is 0 Å². The van der Waals surface area contributed by atoms with E-state index in [2.05, 4.69) is 20.3 Å². The molecule has 37 heavy (non-hydrogen) atoms. The van der Waals surface area contributed by atoms with E-state index < -0.39 is 11.8 Å². The van der Waals surface area contributed by atoms with Gasteiger partial charge in [0.2, 0.25) is 11.7 Å². The molecule has 1 aromatic carbocycles. The van der Waals surface area contributed by atoms with Crippen LogP contribution in [0.1, 0.15) is 59.2 Å². The van der Waals surface area contributed by atoms with Gasteiger partial charge in [0.25, 0.3) is 0 Å². The highest BCUT2D eigenvalue weighted by molar-refractivity contribution is 6.38. The summed E-state index contributed by atoms with van der Waals surface area (Å²) in [4.78, 5) is 19.4. The standard InChI is InChI=1S/C25H21Cl2FN4O5/c26-17-10-29-11-18(27)21(17)22-16(23(37-31-22)13-4-5-13)12-35-8-2-1-3-20-30-24(32-36-20)15-9-14(25(33)34)6-7-19(15)28/h6-7,9-11,13H,1-5,8,12H2,(H,33,34). The van der Waals surface area contributed by atoms with Crippen molar-refractivity contribution in [3.8, 4) is 22.6 Å². The van der Waals surface area contributed by atoms with E-state index >= 15 is 0 Å². The van der Waals surface area contributed by atoms with E-state index in [1.165, 1.54) is 24.5 Å². The Kier molecular flexibility index (Phi) is 7.50. The van der Waals surface area contributed by atoms with Crippen LogP contribution in [0.4, 0.5) is 4.39 Å². The number of aromatic nitrogens is 4. The fourth-order valence-corrected chi connectivity index (χ4v) is 4.46. The maximum atomic E-state index is 14.1. The lowest BCUT2D eigenvalue weighted by Gasteiger charge is -2.08. The summed E-state index contributed by atoms with van der Waals surface area (Å²) in [6.07, 6.45) is 6.96. The molecule has 0 aliphatic heterocycles. The average molecular weight is 547 g/mol. The molecule has 0 amide bonds. The van der Waals surface area contributed by atoms with Crippen molar-refractivity contribution in [2.75, 3.05) is 6.61 Å². The molecule has 0 spiro atoms. The van der Waals surface area contributed by atoms with Crippen LogP contribution in [-0.4, -0.2) is 38.0 Å². The number of pyridine rings is 1. The second-order valence-electron chi connectivity index (χ2n) is 8.65. The van der Waals surface area contributed by atoms with E-state index in [4.69, 9.17) is 42.1 Å². The number of nitrogens with zero attached hydrogens (tertiary/aromatic N) is 4. The van der Waals surface area contributed by atoms with Crippen molar-refractivity contribution in [1.82, 2.24) is 20.3 Å². The molecule has 12 heteroatoms. The maximum Gasteiger partial charge on any atom is 0.335 e. The summed E-state index contributed by atoms with van der Waals surface area (Å²) in [6.45, 7) is 0.756. The number of ether oxygens (including phenoxy) is 1. The number of carboxylic acid groups (broad SMARTS) is 1. The van der Waals surface area contributed by atoms with Gasteiger partial charge in [0.05, 0.1) is 27.8 Å². The Labute approximate surface area is 220 Å². The number of carboxylic acids is 1. The van der Waals surface area contributed by atoms with Gasteiger partial charge in [-0.1, -0.05) is 33.5 Å². The largest absolute Gasteiger partial charge is 0.478 e. The third-order valence-electron chi connectivity index (χ3n) is 5.95. The van der Waals surface area contributed by atoms with Gasteiger partial charge in [-0.3, -0.25) is 4.98 Å². The molecule has 1 saturated carbocycles. The Hall–Kier alpha value is -3.34. The van der Waals surface area contributed by atoms with Gasteiger partial charge in [0.15, 0.2) is 0 Å². The Morgan fingerprint density at radius 2 is 1.92 bits per heavy atom. The third kappa shape index (κ3) is 5.66. The van der Waals surface area contributed by atoms with Crippen molar-refractivity contribution in [2.45, 2.75) is 44.6 Å². The van der Waals surface area contributed by atoms with E-state index in [9.17, 15) is 9.18 Å². The first-order valence-electron chi connectivity index (χ1n) is 11.6. The van der Waals surface area contributed by atoms with E-state index in [0.29, 0.717) is 65.6 Å². The first-order valence-corrected chi connectivity index (χ1v) is 12.4. The minimum Gasteiger partial charge on any atom is -0.478 e. The van der Waals surface area contributed by atoms with Gasteiger partial charge in [-0.2, -0.15) is 4.98 Å². The highest BCUT2D eigenvalue weighted by Gasteiger charge is 2.33. The number of carbonyl (C=O) groups is 1. The number of hydrogen-bond donors (Lipinski definition) is 1. The summed E-state index contributed by atoms with van der Waals surface area (Å²) >= 11 is 12.7. The van der Waals surface area contributed by atoms with Gasteiger partial charge in [0.1, 0.15) is 17.3 Å². The molecule has 0 radical (unpaired) electrons. The second kappa shape index (κ2) is 11.0. The summed E-state index contributed by atoms with van der Waals surface area (Å²) < 4.78 is 30.9. The third-order valence-corrected chi connectivity index (χ3v) is 6.53. The fraction of sp³-hybridized carbons (Fsp3) is 0.320. The van der Waals surface area contributed by atoms with Crippen LogP contribution in [0.2, 0.25) is 10.0 Å². The summed E-state index contributed by atoms with van der Waals surface area (Å²) in [6, 6.07) is 3.43. The first-order chi connectivity index (χ1) is 17.9. The highest BCUT2D eigenvalue weighted by Crippen LogP contribution is 2.45. The monoisotopic (exact) mass is 546 g/mol. The molecule has 0 bridgehead atoms. The van der Waals surface area contributed by atoms with Crippen molar-refractivity contribution < 1.29 is 28.1 Å². The van der Waals surface area contributed by atoms with Crippen LogP contribution in [0.25, 0.3) is 22.6 Å². The lowest BCUT2D eigenvalue weighted by molar-refractivity contribution is 0.0697. The van der Waals surface area contributed by atoms with Crippen molar-refractivity contribution in [3.05, 3.63) is 69.2 Å². The predicted molar refractivity (Wildman–Crippen MR) is 131 cm³/mol. The van der Waals surface area contributed by atoms with E-state index in [1.54, 1.807) is 0 Å². The number of aromatic carboxylic acids is 1. The van der Waals surface area contributed by atoms with Gasteiger partial charge < -0.3 is 18.9 Å². The number of halogens is 3. The van der Waals surface area contributed by atoms with Crippen LogP contribution in [0.15, 0.2) is 39.6 Å². The van der Waals surface area contributed by atoms with Crippen LogP contribution >= 0.6 is 23.2 Å². The van der Waals surface area contributed by atoms with Gasteiger partial charge >= 0.3 is 5.97 Å². The molecule has 0 atom stereocenters. The summed E-state index contributed by atoms with van der Waals surface area (Å²) in [5.74, 6) is -0.330.